The molecule has 0 spiro atoms. The van der Waals surface area contributed by atoms with Crippen LogP contribution in [0.5, 0.6) is 0 Å². The molecule has 1 aliphatic rings. The van der Waals surface area contributed by atoms with Crippen molar-refractivity contribution in [3.8, 4) is 0 Å². The van der Waals surface area contributed by atoms with E-state index in [1.807, 2.05) is 19.9 Å². The summed E-state index contributed by atoms with van der Waals surface area (Å²) in [6, 6.07) is 7.26. The monoisotopic (exact) mass is 460 g/mol. The highest BCUT2D eigenvalue weighted by molar-refractivity contribution is 6.23. The van der Waals surface area contributed by atoms with Gasteiger partial charge < -0.3 is 4.98 Å². The Bertz CT molecular complexity index is 1210. The molecule has 0 unspecified atom stereocenters. The highest BCUT2D eigenvalue weighted by atomic mass is 16.2. The zero-order valence-electron chi connectivity index (χ0n) is 19.0. The van der Waals surface area contributed by atoms with Crippen molar-refractivity contribution in [3.05, 3.63) is 71.1 Å². The highest BCUT2D eigenvalue weighted by Crippen LogP contribution is 2.24. The number of aliphatic imine (C=N–C) groups is 1. The number of benzene rings is 1. The van der Waals surface area contributed by atoms with Crippen LogP contribution in [-0.4, -0.2) is 61.1 Å². The fraction of sp³-hybridized carbons (Fsp3) is 0.261. The van der Waals surface area contributed by atoms with Crippen molar-refractivity contribution < 1.29 is 14.4 Å². The summed E-state index contributed by atoms with van der Waals surface area (Å²) in [4.78, 5) is 59.6. The second-order valence-electron chi connectivity index (χ2n) is 7.85. The van der Waals surface area contributed by atoms with E-state index >= 15 is 0 Å². The van der Waals surface area contributed by atoms with Crippen LogP contribution in [0.1, 0.15) is 44.7 Å². The second-order valence-corrected chi connectivity index (χ2v) is 7.85. The first-order chi connectivity index (χ1) is 16.3. The molecule has 34 heavy (non-hydrogen) atoms. The molecular weight excluding hydrogens is 436 g/mol. The van der Waals surface area contributed by atoms with Crippen LogP contribution in [0.15, 0.2) is 47.8 Å². The number of aromatic amines is 1. The maximum atomic E-state index is 13.1. The highest BCUT2D eigenvalue weighted by Gasteiger charge is 2.40. The topological polar surface area (TPSA) is 145 Å². The minimum atomic E-state index is -1.06. The third kappa shape index (κ3) is 4.82. The maximum Gasteiger partial charge on any atom is 0.262 e. The number of imidazole rings is 1. The quantitative estimate of drug-likeness (QED) is 0.288. The molecule has 2 aromatic heterocycles. The lowest BCUT2D eigenvalue weighted by molar-refractivity contribution is -0.123. The lowest BCUT2D eigenvalue weighted by Crippen LogP contribution is -2.50. The Morgan fingerprint density at radius 1 is 1.12 bits per heavy atom. The smallest absolute Gasteiger partial charge is 0.262 e. The molecule has 0 bridgehead atoms. The average Bonchev–Trinajstić information content (AvgIpc) is 3.39. The number of imide groups is 1. The van der Waals surface area contributed by atoms with Crippen molar-refractivity contribution in [2.24, 2.45) is 4.99 Å². The average molecular weight is 460 g/mol. The molecule has 0 saturated carbocycles. The van der Waals surface area contributed by atoms with Crippen LogP contribution in [0.25, 0.3) is 0 Å². The standard InChI is InChI=1S/C23H24N8O3/c1-13-10-14(2)28-23(27-13)30-22(25-9-8-16-11-24-12-26-16)29-19(32)15(3)31-20(33)17-6-4-5-7-18(17)21(31)34/h4-7,10-12,15H,8-9H2,1-3H3,(H,24,26)(H2,25,27,28,29,30,32)/t15-/m1/s1. The molecule has 0 saturated heterocycles. The van der Waals surface area contributed by atoms with E-state index in [9.17, 15) is 14.4 Å². The molecule has 174 valence electrons. The number of nitrogens with one attached hydrogen (secondary N) is 3. The molecule has 0 fully saturated rings. The van der Waals surface area contributed by atoms with E-state index in [1.54, 1.807) is 36.8 Å². The Labute approximate surface area is 195 Å². The molecule has 1 atom stereocenters. The van der Waals surface area contributed by atoms with Crippen molar-refractivity contribution in [1.29, 1.82) is 0 Å². The van der Waals surface area contributed by atoms with E-state index in [0.29, 0.717) is 13.0 Å². The Morgan fingerprint density at radius 3 is 2.35 bits per heavy atom. The summed E-state index contributed by atoms with van der Waals surface area (Å²) in [5.74, 6) is -1.21. The molecule has 3 aromatic rings. The number of carbonyl (C=O) groups is 3. The van der Waals surface area contributed by atoms with E-state index in [2.05, 4.69) is 35.6 Å². The zero-order chi connectivity index (χ0) is 24.2. The van der Waals surface area contributed by atoms with Gasteiger partial charge in [-0.25, -0.2) is 15.0 Å². The van der Waals surface area contributed by atoms with Crippen LogP contribution in [0.2, 0.25) is 0 Å². The number of amides is 3. The third-order valence-electron chi connectivity index (χ3n) is 5.25. The molecule has 0 aliphatic carbocycles. The van der Waals surface area contributed by atoms with E-state index < -0.39 is 23.8 Å². The van der Waals surface area contributed by atoms with Gasteiger partial charge >= 0.3 is 0 Å². The van der Waals surface area contributed by atoms with Crippen molar-refractivity contribution in [2.45, 2.75) is 33.2 Å². The largest absolute Gasteiger partial charge is 0.348 e. The summed E-state index contributed by atoms with van der Waals surface area (Å²) in [5, 5.41) is 5.62. The molecule has 3 N–H and O–H groups in total. The lowest BCUT2D eigenvalue weighted by Gasteiger charge is -2.22. The van der Waals surface area contributed by atoms with Gasteiger partial charge in [-0.2, -0.15) is 0 Å². The molecule has 11 heteroatoms. The number of H-pyrrole nitrogens is 1. The van der Waals surface area contributed by atoms with Gasteiger partial charge in [0.15, 0.2) is 0 Å². The van der Waals surface area contributed by atoms with E-state index in [4.69, 9.17) is 0 Å². The molecular formula is C23H24N8O3. The SMILES string of the molecule is Cc1cc(C)nc(NC(=NCCc2cnc[nH]2)NC(=O)[C@@H](C)N2C(=O)c3ccccc3C2=O)n1. The van der Waals surface area contributed by atoms with Gasteiger partial charge in [-0.1, -0.05) is 12.1 Å². The predicted octanol–water partition coefficient (Wildman–Crippen LogP) is 1.63. The fourth-order valence-corrected chi connectivity index (χ4v) is 3.61. The lowest BCUT2D eigenvalue weighted by atomic mass is 10.1. The molecule has 0 radical (unpaired) electrons. The number of aryl methyl sites for hydroxylation is 2. The summed E-state index contributed by atoms with van der Waals surface area (Å²) in [6.45, 7) is 5.49. The Balaban J connectivity index is 1.52. The van der Waals surface area contributed by atoms with Crippen molar-refractivity contribution in [1.82, 2.24) is 30.2 Å². The molecule has 1 aromatic carbocycles. The third-order valence-corrected chi connectivity index (χ3v) is 5.25. The van der Waals surface area contributed by atoms with Crippen LogP contribution in [0, 0.1) is 13.8 Å². The fourth-order valence-electron chi connectivity index (χ4n) is 3.61. The van der Waals surface area contributed by atoms with Crippen LogP contribution < -0.4 is 10.6 Å². The number of guanidine groups is 1. The minimum Gasteiger partial charge on any atom is -0.348 e. The van der Waals surface area contributed by atoms with Gasteiger partial charge in [0.1, 0.15) is 6.04 Å². The van der Waals surface area contributed by atoms with Gasteiger partial charge in [0, 0.05) is 36.2 Å². The molecule has 3 amide bonds. The van der Waals surface area contributed by atoms with Gasteiger partial charge in [-0.15, -0.1) is 0 Å². The van der Waals surface area contributed by atoms with Gasteiger partial charge in [-0.05, 0) is 39.0 Å². The summed E-state index contributed by atoms with van der Waals surface area (Å²) in [5.41, 5.74) is 2.94. The van der Waals surface area contributed by atoms with Crippen molar-refractivity contribution >= 4 is 29.6 Å². The van der Waals surface area contributed by atoms with E-state index in [-0.39, 0.29) is 23.0 Å². The normalized spacial score (nSPS) is 14.2. The zero-order valence-corrected chi connectivity index (χ0v) is 19.0. The van der Waals surface area contributed by atoms with E-state index in [1.165, 1.54) is 6.92 Å². The first-order valence-electron chi connectivity index (χ1n) is 10.7. The minimum absolute atomic E-state index is 0.109. The summed E-state index contributed by atoms with van der Waals surface area (Å²) in [6.07, 6.45) is 3.83. The summed E-state index contributed by atoms with van der Waals surface area (Å²) in [7, 11) is 0. The predicted molar refractivity (Wildman–Crippen MR) is 124 cm³/mol. The Kier molecular flexibility index (Phi) is 6.44. The number of hydrogen-bond donors (Lipinski definition) is 3. The van der Waals surface area contributed by atoms with Gasteiger partial charge in [0.2, 0.25) is 17.8 Å². The number of anilines is 1. The van der Waals surface area contributed by atoms with Gasteiger partial charge in [0.05, 0.1) is 17.5 Å². The second kappa shape index (κ2) is 9.61. The summed E-state index contributed by atoms with van der Waals surface area (Å²) >= 11 is 0. The number of nitrogens with zero attached hydrogens (tertiary/aromatic N) is 5. The number of fused-ring (bicyclic) bond motifs is 1. The Hall–Kier alpha value is -4.41. The van der Waals surface area contributed by atoms with Gasteiger partial charge in [0.25, 0.3) is 11.8 Å². The summed E-state index contributed by atoms with van der Waals surface area (Å²) < 4.78 is 0. The molecule has 3 heterocycles. The van der Waals surface area contributed by atoms with Crippen molar-refractivity contribution in [2.75, 3.05) is 11.9 Å². The van der Waals surface area contributed by atoms with Crippen molar-refractivity contribution in [3.63, 3.8) is 0 Å². The first kappa shape index (κ1) is 22.8. The Morgan fingerprint density at radius 2 is 1.76 bits per heavy atom. The molecule has 1 aliphatic heterocycles. The maximum absolute atomic E-state index is 13.1. The first-order valence-corrected chi connectivity index (χ1v) is 10.7. The number of aromatic nitrogens is 4. The number of hydrogen-bond acceptors (Lipinski definition) is 7. The van der Waals surface area contributed by atoms with Crippen LogP contribution in [-0.2, 0) is 11.2 Å². The van der Waals surface area contributed by atoms with E-state index in [0.717, 1.165) is 22.0 Å². The van der Waals surface area contributed by atoms with Crippen LogP contribution >= 0.6 is 0 Å². The van der Waals surface area contributed by atoms with Gasteiger partial charge in [-0.3, -0.25) is 34.9 Å². The number of rotatable bonds is 6. The molecule has 11 nitrogen and oxygen atoms in total. The van der Waals surface area contributed by atoms with Crippen LogP contribution in [0.4, 0.5) is 5.95 Å². The number of carbonyl (C=O) groups excluding carboxylic acids is 3. The molecule has 4 rings (SSSR count). The van der Waals surface area contributed by atoms with Crippen LogP contribution in [0.3, 0.4) is 0 Å².